The van der Waals surface area contributed by atoms with Crippen LogP contribution in [0.2, 0.25) is 0 Å². The van der Waals surface area contributed by atoms with Crippen molar-refractivity contribution in [2.24, 2.45) is 0 Å². The Balaban J connectivity index is 1.86. The number of quaternary nitrogens is 1. The van der Waals surface area contributed by atoms with Crippen molar-refractivity contribution in [3.05, 3.63) is 34.4 Å². The topological polar surface area (TPSA) is 71.0 Å². The molecule has 1 heterocycles. The Morgan fingerprint density at radius 1 is 1.38 bits per heavy atom. The Labute approximate surface area is 124 Å². The molecular weight excluding hydrogens is 270 g/mol. The van der Waals surface area contributed by atoms with E-state index in [-0.39, 0.29) is 10.6 Å². The summed E-state index contributed by atoms with van der Waals surface area (Å²) < 4.78 is 0. The molecule has 6 heteroatoms. The van der Waals surface area contributed by atoms with Gasteiger partial charge >= 0.3 is 0 Å². The smallest absolute Gasteiger partial charge is 0.269 e. The number of nitrogens with zero attached hydrogens (tertiary/aromatic N) is 2. The van der Waals surface area contributed by atoms with E-state index in [0.717, 1.165) is 38.4 Å². The number of benzene rings is 1. The van der Waals surface area contributed by atoms with Crippen LogP contribution in [-0.4, -0.2) is 48.9 Å². The number of nitrogens with one attached hydrogen (secondary N) is 1. The van der Waals surface area contributed by atoms with E-state index < -0.39 is 6.10 Å². The number of nitro benzene ring substituents is 1. The molecule has 21 heavy (non-hydrogen) atoms. The van der Waals surface area contributed by atoms with Crippen LogP contribution in [-0.2, 0) is 0 Å². The van der Waals surface area contributed by atoms with Gasteiger partial charge in [-0.2, -0.15) is 0 Å². The lowest BCUT2D eigenvalue weighted by atomic mass is 10.2. The minimum Gasteiger partial charge on any atom is -0.381 e. The predicted molar refractivity (Wildman–Crippen MR) is 80.3 cm³/mol. The van der Waals surface area contributed by atoms with Crippen LogP contribution in [0.25, 0.3) is 0 Å². The molecule has 0 saturated carbocycles. The Kier molecular flexibility index (Phi) is 5.14. The molecule has 112 valence electrons. The fourth-order valence-corrected chi connectivity index (χ4v) is 2.37. The molecule has 1 fully saturated rings. The van der Waals surface area contributed by atoms with Gasteiger partial charge in [-0.25, -0.2) is 0 Å². The van der Waals surface area contributed by atoms with Gasteiger partial charge in [0.2, 0.25) is 0 Å². The van der Waals surface area contributed by atoms with Crippen LogP contribution < -0.4 is 9.80 Å². The lowest BCUT2D eigenvalue weighted by molar-refractivity contribution is -0.893. The van der Waals surface area contributed by atoms with Gasteiger partial charge in [-0.3, -0.25) is 10.1 Å². The van der Waals surface area contributed by atoms with E-state index in [1.807, 2.05) is 0 Å². The average Bonchev–Trinajstić information content (AvgIpc) is 2.48. The minimum absolute atomic E-state index is 0.122. The Hall–Kier alpha value is -2.10. The molecule has 0 amide bonds. The van der Waals surface area contributed by atoms with Gasteiger partial charge < -0.3 is 14.9 Å². The zero-order chi connectivity index (χ0) is 15.2. The van der Waals surface area contributed by atoms with E-state index in [9.17, 15) is 10.1 Å². The zero-order valence-electron chi connectivity index (χ0n) is 12.1. The third-order valence-corrected chi connectivity index (χ3v) is 3.55. The second-order valence-corrected chi connectivity index (χ2v) is 5.18. The SMILES string of the molecule is C[C@@H](O)C#CC[NH+]1CCN(c2ccc([N+](=O)[O-])cc2)CC1. The molecule has 1 aliphatic heterocycles. The molecule has 0 spiro atoms. The molecule has 1 aromatic carbocycles. The van der Waals surface area contributed by atoms with Crippen LogP contribution in [0.15, 0.2) is 24.3 Å². The number of hydrogen-bond acceptors (Lipinski definition) is 4. The Morgan fingerprint density at radius 2 is 2.00 bits per heavy atom. The van der Waals surface area contributed by atoms with Crippen LogP contribution in [0, 0.1) is 22.0 Å². The van der Waals surface area contributed by atoms with Crippen LogP contribution in [0.1, 0.15) is 6.92 Å². The van der Waals surface area contributed by atoms with E-state index >= 15 is 0 Å². The maximum atomic E-state index is 10.6. The van der Waals surface area contributed by atoms with Gasteiger partial charge in [0.05, 0.1) is 31.1 Å². The molecule has 6 nitrogen and oxygen atoms in total. The van der Waals surface area contributed by atoms with Crippen LogP contribution in [0.5, 0.6) is 0 Å². The fraction of sp³-hybridized carbons (Fsp3) is 0.467. The second kappa shape index (κ2) is 7.07. The first-order chi connectivity index (χ1) is 10.1. The Morgan fingerprint density at radius 3 is 2.52 bits per heavy atom. The monoisotopic (exact) mass is 290 g/mol. The van der Waals surface area contributed by atoms with Crippen LogP contribution in [0.4, 0.5) is 11.4 Å². The van der Waals surface area contributed by atoms with Gasteiger partial charge in [0.25, 0.3) is 5.69 Å². The van der Waals surface area contributed by atoms with Crippen molar-refractivity contribution in [1.82, 2.24) is 0 Å². The number of hydrogen-bond donors (Lipinski definition) is 2. The van der Waals surface area contributed by atoms with E-state index in [1.165, 1.54) is 4.90 Å². The number of rotatable bonds is 3. The summed E-state index contributed by atoms with van der Waals surface area (Å²) in [7, 11) is 0. The van der Waals surface area contributed by atoms with E-state index in [0.29, 0.717) is 0 Å². The summed E-state index contributed by atoms with van der Waals surface area (Å²) in [5.41, 5.74) is 1.14. The lowest BCUT2D eigenvalue weighted by Gasteiger charge is -2.32. The van der Waals surface area contributed by atoms with Crippen molar-refractivity contribution in [2.75, 3.05) is 37.6 Å². The fourth-order valence-electron chi connectivity index (χ4n) is 2.37. The first kappa shape index (κ1) is 15.3. The lowest BCUT2D eigenvalue weighted by Crippen LogP contribution is -3.14. The van der Waals surface area contributed by atoms with Crippen LogP contribution in [0.3, 0.4) is 0 Å². The molecule has 1 atom stereocenters. The summed E-state index contributed by atoms with van der Waals surface area (Å²) in [5, 5.41) is 19.7. The van der Waals surface area contributed by atoms with Gasteiger partial charge in [-0.05, 0) is 25.0 Å². The Bertz CT molecular complexity index is 538. The van der Waals surface area contributed by atoms with Gasteiger partial charge in [-0.1, -0.05) is 5.92 Å². The summed E-state index contributed by atoms with van der Waals surface area (Å²) in [4.78, 5) is 13.9. The van der Waals surface area contributed by atoms with E-state index in [4.69, 9.17) is 5.11 Å². The molecule has 1 aliphatic rings. The maximum absolute atomic E-state index is 10.6. The highest BCUT2D eigenvalue weighted by molar-refractivity contribution is 5.50. The summed E-state index contributed by atoms with van der Waals surface area (Å²) in [6.45, 7) is 6.18. The molecule has 2 rings (SSSR count). The molecule has 1 aromatic rings. The van der Waals surface area contributed by atoms with Crippen molar-refractivity contribution in [2.45, 2.75) is 13.0 Å². The molecule has 0 aromatic heterocycles. The maximum Gasteiger partial charge on any atom is 0.269 e. The quantitative estimate of drug-likeness (QED) is 0.455. The number of non-ortho nitro benzene ring substituents is 1. The third kappa shape index (κ3) is 4.45. The molecule has 1 saturated heterocycles. The zero-order valence-corrected chi connectivity index (χ0v) is 12.1. The first-order valence-corrected chi connectivity index (χ1v) is 7.05. The summed E-state index contributed by atoms with van der Waals surface area (Å²) in [6.07, 6.45) is -0.564. The highest BCUT2D eigenvalue weighted by Crippen LogP contribution is 2.19. The van der Waals surface area contributed by atoms with Gasteiger partial charge in [0, 0.05) is 17.8 Å². The standard InChI is InChI=1S/C15H19N3O3/c1-13(19)3-2-8-16-9-11-17(12-10-16)14-4-6-15(7-5-14)18(20)21/h4-7,13,19H,8-12H2,1H3/p+1/t13-/m1/s1. The van der Waals surface area contributed by atoms with Gasteiger partial charge in [-0.15, -0.1) is 0 Å². The number of nitro groups is 1. The minimum atomic E-state index is -0.564. The van der Waals surface area contributed by atoms with Gasteiger partial charge in [0.15, 0.2) is 0 Å². The van der Waals surface area contributed by atoms with E-state index in [1.54, 1.807) is 31.2 Å². The summed E-state index contributed by atoms with van der Waals surface area (Å²) >= 11 is 0. The number of aliphatic hydroxyl groups excluding tert-OH is 1. The normalized spacial score (nSPS) is 17.0. The van der Waals surface area contributed by atoms with Crippen molar-refractivity contribution in [3.63, 3.8) is 0 Å². The molecule has 0 aliphatic carbocycles. The van der Waals surface area contributed by atoms with Crippen LogP contribution >= 0.6 is 0 Å². The first-order valence-electron chi connectivity index (χ1n) is 7.05. The number of piperazine rings is 1. The average molecular weight is 290 g/mol. The molecule has 0 bridgehead atoms. The van der Waals surface area contributed by atoms with Crippen molar-refractivity contribution < 1.29 is 14.9 Å². The molecular formula is C15H20N3O3+. The summed E-state index contributed by atoms with van der Waals surface area (Å²) in [6, 6.07) is 6.69. The molecule has 0 radical (unpaired) electrons. The largest absolute Gasteiger partial charge is 0.381 e. The second-order valence-electron chi connectivity index (χ2n) is 5.18. The number of aliphatic hydroxyl groups is 1. The highest BCUT2D eigenvalue weighted by atomic mass is 16.6. The van der Waals surface area contributed by atoms with E-state index in [2.05, 4.69) is 16.7 Å². The highest BCUT2D eigenvalue weighted by Gasteiger charge is 2.19. The number of anilines is 1. The van der Waals surface area contributed by atoms with Crippen molar-refractivity contribution in [1.29, 1.82) is 0 Å². The van der Waals surface area contributed by atoms with Crippen molar-refractivity contribution in [3.8, 4) is 11.8 Å². The van der Waals surface area contributed by atoms with Gasteiger partial charge in [0.1, 0.15) is 12.6 Å². The molecule has 2 N–H and O–H groups in total. The predicted octanol–water partition coefficient (Wildman–Crippen LogP) is -0.316. The molecule has 0 unspecified atom stereocenters. The van der Waals surface area contributed by atoms with Crippen molar-refractivity contribution >= 4 is 11.4 Å². The third-order valence-electron chi connectivity index (χ3n) is 3.55. The summed E-state index contributed by atoms with van der Waals surface area (Å²) in [5.74, 6) is 5.76.